The molecule has 1 fully saturated rings. The summed E-state index contributed by atoms with van der Waals surface area (Å²) >= 11 is 0. The Bertz CT molecular complexity index is 820. The average molecular weight is 412 g/mol. The zero-order chi connectivity index (χ0) is 21.3. The highest BCUT2D eigenvalue weighted by Crippen LogP contribution is 2.27. The summed E-state index contributed by atoms with van der Waals surface area (Å²) in [4.78, 5) is 24.4. The number of hydrogen-bond acceptors (Lipinski definition) is 5. The molecule has 30 heavy (non-hydrogen) atoms. The van der Waals surface area contributed by atoms with Gasteiger partial charge in [0.15, 0.2) is 0 Å². The first-order chi connectivity index (χ1) is 14.5. The first kappa shape index (κ1) is 21.8. The van der Waals surface area contributed by atoms with E-state index in [0.29, 0.717) is 29.4 Å². The molecule has 0 saturated heterocycles. The summed E-state index contributed by atoms with van der Waals surface area (Å²) in [5.74, 6) is 0.521. The first-order valence-corrected chi connectivity index (χ1v) is 10.4. The Labute approximate surface area is 176 Å². The highest BCUT2D eigenvalue weighted by molar-refractivity contribution is 5.95. The van der Waals surface area contributed by atoms with E-state index in [2.05, 4.69) is 10.9 Å². The maximum absolute atomic E-state index is 12.2. The van der Waals surface area contributed by atoms with Crippen LogP contribution in [0.1, 0.15) is 48.9 Å². The van der Waals surface area contributed by atoms with Gasteiger partial charge in [-0.05, 0) is 48.7 Å². The Morgan fingerprint density at radius 3 is 2.27 bits per heavy atom. The molecule has 1 aliphatic rings. The van der Waals surface area contributed by atoms with E-state index < -0.39 is 24.0 Å². The number of para-hydroxylation sites is 1. The highest BCUT2D eigenvalue weighted by atomic mass is 16.5. The zero-order valence-electron chi connectivity index (χ0n) is 16.9. The molecule has 7 nitrogen and oxygen atoms in total. The molecule has 0 heterocycles. The molecule has 0 aromatic heterocycles. The van der Waals surface area contributed by atoms with Crippen LogP contribution in [0.3, 0.4) is 0 Å². The molecule has 3 rings (SSSR count). The molecular formula is C23H29N3O4. The predicted molar refractivity (Wildman–Crippen MR) is 114 cm³/mol. The lowest BCUT2D eigenvalue weighted by atomic mass is 9.84. The molecule has 5 N–H and O–H groups in total. The van der Waals surface area contributed by atoms with Crippen LogP contribution >= 0.6 is 0 Å². The van der Waals surface area contributed by atoms with E-state index in [1.807, 2.05) is 30.3 Å². The lowest BCUT2D eigenvalue weighted by Crippen LogP contribution is -2.52. The van der Waals surface area contributed by atoms with Crippen LogP contribution in [0.4, 0.5) is 0 Å². The Balaban J connectivity index is 1.45. The number of hydrogen-bond donors (Lipinski definition) is 4. The lowest BCUT2D eigenvalue weighted by molar-refractivity contribution is -0.131. The fourth-order valence-electron chi connectivity index (χ4n) is 3.69. The van der Waals surface area contributed by atoms with Gasteiger partial charge in [-0.15, -0.1) is 0 Å². The van der Waals surface area contributed by atoms with E-state index >= 15 is 0 Å². The quantitative estimate of drug-likeness (QED) is 0.523. The maximum atomic E-state index is 12.2. The topological polar surface area (TPSA) is 114 Å². The summed E-state index contributed by atoms with van der Waals surface area (Å²) in [6.45, 7) is 0. The Hall–Kier alpha value is -2.90. The molecular weight excluding hydrogens is 382 g/mol. The molecule has 2 atom stereocenters. The summed E-state index contributed by atoms with van der Waals surface area (Å²) in [6.07, 6.45) is 4.99. The molecule has 1 aliphatic carbocycles. The fraction of sp³-hybridized carbons (Fsp3) is 0.391. The second kappa shape index (κ2) is 10.8. The summed E-state index contributed by atoms with van der Waals surface area (Å²) < 4.78 is 5.68. The molecule has 1 saturated carbocycles. The van der Waals surface area contributed by atoms with Crippen LogP contribution in [-0.4, -0.2) is 29.1 Å². The number of aliphatic hydroxyl groups excluding tert-OH is 1. The van der Waals surface area contributed by atoms with Crippen molar-refractivity contribution in [3.63, 3.8) is 0 Å². The van der Waals surface area contributed by atoms with E-state index in [1.165, 1.54) is 19.3 Å². The Morgan fingerprint density at radius 1 is 0.967 bits per heavy atom. The SMILES string of the molecule is NC(CC1CCCCC1)C(O)C(=O)NNC(=O)c1ccc(Oc2ccccc2)cc1. The van der Waals surface area contributed by atoms with Crippen molar-refractivity contribution in [2.45, 2.75) is 50.7 Å². The second-order valence-electron chi connectivity index (χ2n) is 7.73. The van der Waals surface area contributed by atoms with Crippen LogP contribution in [0.5, 0.6) is 11.5 Å². The number of hydrazine groups is 1. The van der Waals surface area contributed by atoms with E-state index in [9.17, 15) is 14.7 Å². The molecule has 7 heteroatoms. The van der Waals surface area contributed by atoms with E-state index in [1.54, 1.807) is 24.3 Å². The van der Waals surface area contributed by atoms with Crippen LogP contribution in [0, 0.1) is 5.92 Å². The van der Waals surface area contributed by atoms with Gasteiger partial charge in [0.05, 0.1) is 0 Å². The van der Waals surface area contributed by atoms with Gasteiger partial charge in [-0.3, -0.25) is 20.4 Å². The van der Waals surface area contributed by atoms with Crippen molar-refractivity contribution >= 4 is 11.8 Å². The van der Waals surface area contributed by atoms with Gasteiger partial charge >= 0.3 is 0 Å². The van der Waals surface area contributed by atoms with E-state index in [-0.39, 0.29) is 0 Å². The minimum atomic E-state index is -1.37. The molecule has 0 radical (unpaired) electrons. The summed E-state index contributed by atoms with van der Waals surface area (Å²) in [6, 6.07) is 15.2. The number of nitrogens with one attached hydrogen (secondary N) is 2. The first-order valence-electron chi connectivity index (χ1n) is 10.4. The van der Waals surface area contributed by atoms with E-state index in [4.69, 9.17) is 10.5 Å². The molecule has 0 spiro atoms. The van der Waals surface area contributed by atoms with Gasteiger partial charge in [0, 0.05) is 11.6 Å². The van der Waals surface area contributed by atoms with Crippen LogP contribution in [0.25, 0.3) is 0 Å². The number of nitrogens with two attached hydrogens (primary N) is 1. The molecule has 160 valence electrons. The van der Waals surface area contributed by atoms with Crippen LogP contribution in [-0.2, 0) is 4.79 Å². The second-order valence-corrected chi connectivity index (χ2v) is 7.73. The Kier molecular flexibility index (Phi) is 7.82. The highest BCUT2D eigenvalue weighted by Gasteiger charge is 2.26. The lowest BCUT2D eigenvalue weighted by Gasteiger charge is -2.26. The average Bonchev–Trinajstić information content (AvgIpc) is 2.78. The van der Waals surface area contributed by atoms with Crippen molar-refractivity contribution in [1.82, 2.24) is 10.9 Å². The van der Waals surface area contributed by atoms with Crippen LogP contribution in [0.2, 0.25) is 0 Å². The minimum Gasteiger partial charge on any atom is -0.457 e. The summed E-state index contributed by atoms with van der Waals surface area (Å²) in [7, 11) is 0. The van der Waals surface area contributed by atoms with Crippen molar-refractivity contribution in [1.29, 1.82) is 0 Å². The third kappa shape index (κ3) is 6.30. The normalized spacial score (nSPS) is 16.3. The Morgan fingerprint density at radius 2 is 1.60 bits per heavy atom. The van der Waals surface area contributed by atoms with Crippen LogP contribution in [0.15, 0.2) is 54.6 Å². The van der Waals surface area contributed by atoms with Gasteiger partial charge in [-0.2, -0.15) is 0 Å². The molecule has 2 amide bonds. The van der Waals surface area contributed by atoms with Crippen molar-refractivity contribution in [3.8, 4) is 11.5 Å². The summed E-state index contributed by atoms with van der Waals surface area (Å²) in [5.41, 5.74) is 10.9. The van der Waals surface area contributed by atoms with Crippen molar-refractivity contribution < 1.29 is 19.4 Å². The largest absolute Gasteiger partial charge is 0.457 e. The van der Waals surface area contributed by atoms with Gasteiger partial charge in [0.25, 0.3) is 11.8 Å². The fourth-order valence-corrected chi connectivity index (χ4v) is 3.69. The molecule has 2 aromatic rings. The number of amides is 2. The van der Waals surface area contributed by atoms with Gasteiger partial charge in [-0.1, -0.05) is 50.3 Å². The van der Waals surface area contributed by atoms with Gasteiger partial charge in [0.2, 0.25) is 0 Å². The number of carbonyl (C=O) groups excluding carboxylic acids is 2. The third-order valence-electron chi connectivity index (χ3n) is 5.40. The molecule has 0 aliphatic heterocycles. The monoisotopic (exact) mass is 411 g/mol. The van der Waals surface area contributed by atoms with Crippen molar-refractivity contribution in [2.24, 2.45) is 11.7 Å². The molecule has 2 unspecified atom stereocenters. The number of aliphatic hydroxyl groups is 1. The van der Waals surface area contributed by atoms with Gasteiger partial charge < -0.3 is 15.6 Å². The predicted octanol–water partition coefficient (Wildman–Crippen LogP) is 2.90. The van der Waals surface area contributed by atoms with Crippen molar-refractivity contribution in [3.05, 3.63) is 60.2 Å². The standard InChI is InChI=1S/C23H29N3O4/c24-20(15-16-7-3-1-4-8-16)21(27)23(29)26-25-22(28)17-11-13-19(14-12-17)30-18-9-5-2-6-10-18/h2,5-6,9-14,16,20-21,27H,1,3-4,7-8,15,24H2,(H,25,28)(H,26,29). The number of rotatable bonds is 7. The third-order valence-corrected chi connectivity index (χ3v) is 5.40. The summed E-state index contributed by atoms with van der Waals surface area (Å²) in [5, 5.41) is 10.2. The smallest absolute Gasteiger partial charge is 0.269 e. The molecule has 2 aromatic carbocycles. The maximum Gasteiger partial charge on any atom is 0.269 e. The minimum absolute atomic E-state index is 0.344. The molecule has 0 bridgehead atoms. The number of ether oxygens (including phenoxy) is 1. The van der Waals surface area contributed by atoms with Gasteiger partial charge in [-0.25, -0.2) is 0 Å². The number of benzene rings is 2. The van der Waals surface area contributed by atoms with E-state index in [0.717, 1.165) is 12.8 Å². The van der Waals surface area contributed by atoms with Gasteiger partial charge in [0.1, 0.15) is 17.6 Å². The zero-order valence-corrected chi connectivity index (χ0v) is 16.9. The van der Waals surface area contributed by atoms with Crippen LogP contribution < -0.4 is 21.3 Å². The number of carbonyl (C=O) groups is 2. The van der Waals surface area contributed by atoms with Crippen molar-refractivity contribution in [2.75, 3.05) is 0 Å².